The molecule has 1 amide bonds. The van der Waals surface area contributed by atoms with Crippen molar-refractivity contribution in [2.45, 2.75) is 12.8 Å². The highest BCUT2D eigenvalue weighted by molar-refractivity contribution is 6.32. The van der Waals surface area contributed by atoms with E-state index in [4.69, 9.17) is 16.3 Å². The van der Waals surface area contributed by atoms with Crippen molar-refractivity contribution in [1.82, 2.24) is 4.98 Å². The van der Waals surface area contributed by atoms with Crippen molar-refractivity contribution in [3.8, 4) is 0 Å². The maximum absolute atomic E-state index is 12.5. The van der Waals surface area contributed by atoms with Gasteiger partial charge in [0.15, 0.2) is 6.61 Å². The van der Waals surface area contributed by atoms with Gasteiger partial charge in [-0.25, -0.2) is 9.78 Å². The molecule has 1 aliphatic heterocycles. The molecule has 0 bridgehead atoms. The average Bonchev–Trinajstić information content (AvgIpc) is 2.65. The lowest BCUT2D eigenvalue weighted by Gasteiger charge is -2.29. The molecule has 0 aliphatic carbocycles. The summed E-state index contributed by atoms with van der Waals surface area (Å²) in [5.41, 5.74) is 1.38. The molecule has 0 unspecified atom stereocenters. The molecule has 2 aromatic rings. The number of hydrogen-bond donors (Lipinski definition) is 0. The number of hydrogen-bond acceptors (Lipinski definition) is 6. The number of nitrogens with zero attached hydrogens (tertiary/aromatic N) is 3. The van der Waals surface area contributed by atoms with Crippen molar-refractivity contribution in [3.63, 3.8) is 0 Å². The van der Waals surface area contributed by atoms with Crippen molar-refractivity contribution in [2.24, 2.45) is 0 Å². The van der Waals surface area contributed by atoms with Gasteiger partial charge in [0, 0.05) is 30.6 Å². The maximum Gasteiger partial charge on any atom is 0.341 e. The molecule has 9 heteroatoms. The normalized spacial score (nSPS) is 13.0. The van der Waals surface area contributed by atoms with Crippen molar-refractivity contribution < 1.29 is 19.2 Å². The zero-order valence-corrected chi connectivity index (χ0v) is 14.3. The molecule has 0 atom stereocenters. The topological polar surface area (TPSA) is 103 Å². The van der Waals surface area contributed by atoms with Gasteiger partial charge >= 0.3 is 5.97 Å². The van der Waals surface area contributed by atoms with Crippen molar-refractivity contribution in [2.75, 3.05) is 18.1 Å². The van der Waals surface area contributed by atoms with Crippen LogP contribution in [0, 0.1) is 10.1 Å². The minimum absolute atomic E-state index is 0.000534. The van der Waals surface area contributed by atoms with Gasteiger partial charge < -0.3 is 9.64 Å². The zero-order chi connectivity index (χ0) is 18.7. The number of esters is 1. The molecule has 1 aromatic heterocycles. The van der Waals surface area contributed by atoms with E-state index in [0.29, 0.717) is 25.1 Å². The molecule has 8 nitrogen and oxygen atoms in total. The number of nitro groups is 1. The number of aromatic nitrogens is 1. The molecule has 1 aliphatic rings. The molecule has 3 rings (SSSR count). The lowest BCUT2D eigenvalue weighted by Crippen LogP contribution is -2.38. The monoisotopic (exact) mass is 375 g/mol. The van der Waals surface area contributed by atoms with Crippen LogP contribution in [-0.4, -0.2) is 34.9 Å². The summed E-state index contributed by atoms with van der Waals surface area (Å²) in [4.78, 5) is 40.2. The third kappa shape index (κ3) is 3.65. The van der Waals surface area contributed by atoms with Gasteiger partial charge in [-0.15, -0.1) is 0 Å². The summed E-state index contributed by atoms with van der Waals surface area (Å²) in [6, 6.07) is 7.36. The Bertz CT molecular complexity index is 886. The smallest absolute Gasteiger partial charge is 0.341 e. The summed E-state index contributed by atoms with van der Waals surface area (Å²) >= 11 is 5.83. The minimum Gasteiger partial charge on any atom is -0.452 e. The second-order valence-corrected chi connectivity index (χ2v) is 5.99. The molecule has 2 heterocycles. The molecular weight excluding hydrogens is 362 g/mol. The van der Waals surface area contributed by atoms with E-state index in [1.807, 2.05) is 0 Å². The fraction of sp³-hybridized carbons (Fsp3) is 0.235. The third-order valence-corrected chi connectivity index (χ3v) is 4.30. The molecule has 0 saturated heterocycles. The fourth-order valence-electron chi connectivity index (χ4n) is 2.78. The van der Waals surface area contributed by atoms with E-state index in [1.165, 1.54) is 35.4 Å². The average molecular weight is 376 g/mol. The number of nitro benzene ring substituents is 1. The van der Waals surface area contributed by atoms with Crippen molar-refractivity contribution >= 4 is 34.9 Å². The van der Waals surface area contributed by atoms with E-state index in [0.717, 1.165) is 5.56 Å². The van der Waals surface area contributed by atoms with Crippen LogP contribution in [0.2, 0.25) is 5.15 Å². The van der Waals surface area contributed by atoms with Crippen molar-refractivity contribution in [3.05, 3.63) is 62.9 Å². The number of carbonyl (C=O) groups is 2. The van der Waals surface area contributed by atoms with Gasteiger partial charge in [0.25, 0.3) is 11.6 Å². The predicted octanol–water partition coefficient (Wildman–Crippen LogP) is 2.78. The van der Waals surface area contributed by atoms with Crippen LogP contribution in [0.5, 0.6) is 0 Å². The number of halogens is 1. The highest BCUT2D eigenvalue weighted by Gasteiger charge is 2.25. The number of rotatable bonds is 4. The SMILES string of the molecule is O=C(OCC(=O)N1CCCc2cc([N+](=O)[O-])ccc21)c1cccnc1Cl. The van der Waals surface area contributed by atoms with Gasteiger partial charge in [-0.1, -0.05) is 11.6 Å². The number of carbonyl (C=O) groups excluding carboxylic acids is 2. The molecule has 134 valence electrons. The Hall–Kier alpha value is -3.00. The highest BCUT2D eigenvalue weighted by Crippen LogP contribution is 2.30. The molecule has 0 N–H and O–H groups in total. The number of amides is 1. The van der Waals surface area contributed by atoms with Crippen LogP contribution >= 0.6 is 11.6 Å². The molecule has 0 saturated carbocycles. The Morgan fingerprint density at radius 2 is 2.15 bits per heavy atom. The summed E-state index contributed by atoms with van der Waals surface area (Å²) in [6.45, 7) is -0.00464. The number of anilines is 1. The first kappa shape index (κ1) is 17.8. The summed E-state index contributed by atoms with van der Waals surface area (Å²) in [5.74, 6) is -1.15. The Labute approximate surface area is 153 Å². The Balaban J connectivity index is 1.71. The van der Waals surface area contributed by atoms with Crippen LogP contribution in [0.3, 0.4) is 0 Å². The molecule has 0 fully saturated rings. The third-order valence-electron chi connectivity index (χ3n) is 4.00. The molecule has 0 radical (unpaired) electrons. The number of pyridine rings is 1. The zero-order valence-electron chi connectivity index (χ0n) is 13.6. The predicted molar refractivity (Wildman–Crippen MR) is 93.3 cm³/mol. The van der Waals surface area contributed by atoms with Crippen LogP contribution in [-0.2, 0) is 16.0 Å². The van der Waals surface area contributed by atoms with Gasteiger partial charge in [0.1, 0.15) is 5.15 Å². The Kier molecular flexibility index (Phi) is 5.13. The largest absolute Gasteiger partial charge is 0.452 e. The first-order valence-corrected chi connectivity index (χ1v) is 8.20. The fourth-order valence-corrected chi connectivity index (χ4v) is 2.97. The van der Waals surface area contributed by atoms with E-state index in [9.17, 15) is 19.7 Å². The first-order chi connectivity index (χ1) is 12.5. The minimum atomic E-state index is -0.739. The van der Waals surface area contributed by atoms with Crippen LogP contribution in [0.15, 0.2) is 36.5 Å². The van der Waals surface area contributed by atoms with E-state index < -0.39 is 23.4 Å². The van der Waals surface area contributed by atoms with Gasteiger partial charge in [0.2, 0.25) is 0 Å². The van der Waals surface area contributed by atoms with Crippen LogP contribution in [0.25, 0.3) is 0 Å². The Morgan fingerprint density at radius 1 is 1.35 bits per heavy atom. The van der Waals surface area contributed by atoms with E-state index in [1.54, 1.807) is 6.07 Å². The summed E-state index contributed by atoms with van der Waals surface area (Å²) in [5, 5.41) is 10.9. The molecule has 1 aromatic carbocycles. The first-order valence-electron chi connectivity index (χ1n) is 7.82. The molecule has 0 spiro atoms. The second-order valence-electron chi connectivity index (χ2n) is 5.64. The number of aryl methyl sites for hydroxylation is 1. The highest BCUT2D eigenvalue weighted by atomic mass is 35.5. The van der Waals surface area contributed by atoms with Crippen LogP contribution in [0.1, 0.15) is 22.3 Å². The van der Waals surface area contributed by atoms with Crippen LogP contribution < -0.4 is 4.90 Å². The van der Waals surface area contributed by atoms with E-state index >= 15 is 0 Å². The number of fused-ring (bicyclic) bond motifs is 1. The lowest BCUT2D eigenvalue weighted by atomic mass is 10.0. The van der Waals surface area contributed by atoms with Gasteiger partial charge in [-0.2, -0.15) is 0 Å². The molecule has 26 heavy (non-hydrogen) atoms. The van der Waals surface area contributed by atoms with Gasteiger partial charge in [-0.3, -0.25) is 14.9 Å². The van der Waals surface area contributed by atoms with Gasteiger partial charge in [0.05, 0.1) is 10.5 Å². The summed E-state index contributed by atoms with van der Waals surface area (Å²) < 4.78 is 5.04. The standard InChI is InChI=1S/C17H14ClN3O5/c18-16-13(4-1-7-19-16)17(23)26-10-15(22)20-8-2-3-11-9-12(21(24)25)5-6-14(11)20/h1,4-7,9H,2-3,8,10H2. The van der Waals surface area contributed by atoms with Crippen molar-refractivity contribution in [1.29, 1.82) is 0 Å². The molecular formula is C17H14ClN3O5. The van der Waals surface area contributed by atoms with E-state index in [2.05, 4.69) is 4.98 Å². The quantitative estimate of drug-likeness (QED) is 0.352. The van der Waals surface area contributed by atoms with Crippen LogP contribution in [0.4, 0.5) is 11.4 Å². The maximum atomic E-state index is 12.5. The van der Waals surface area contributed by atoms with E-state index in [-0.39, 0.29) is 16.4 Å². The second kappa shape index (κ2) is 7.49. The summed E-state index contributed by atoms with van der Waals surface area (Å²) in [7, 11) is 0. The number of non-ortho nitro benzene ring substituents is 1. The lowest BCUT2D eigenvalue weighted by molar-refractivity contribution is -0.384. The number of ether oxygens (including phenoxy) is 1. The Morgan fingerprint density at radius 3 is 2.88 bits per heavy atom. The number of benzene rings is 1. The van der Waals surface area contributed by atoms with Gasteiger partial charge in [-0.05, 0) is 36.6 Å². The summed E-state index contributed by atoms with van der Waals surface area (Å²) in [6.07, 6.45) is 2.75.